The number of amides is 2. The second-order valence-electron chi connectivity index (χ2n) is 8.33. The third-order valence-corrected chi connectivity index (χ3v) is 5.67. The van der Waals surface area contributed by atoms with Crippen LogP contribution in [-0.2, 0) is 14.3 Å². The maximum atomic E-state index is 13.3. The van der Waals surface area contributed by atoms with Gasteiger partial charge in [0.05, 0.1) is 18.9 Å². The van der Waals surface area contributed by atoms with Crippen LogP contribution in [-0.4, -0.2) is 63.1 Å². The van der Waals surface area contributed by atoms with Crippen molar-refractivity contribution in [3.63, 3.8) is 0 Å². The molecule has 0 unspecified atom stereocenters. The summed E-state index contributed by atoms with van der Waals surface area (Å²) in [7, 11) is -3.07. The first-order valence-corrected chi connectivity index (χ1v) is 13.1. The number of nitrogen functional groups attached to an aromatic ring is 1. The van der Waals surface area contributed by atoms with E-state index in [1.807, 2.05) is 0 Å². The molecular formula is C25H22F3N5O7S. The zero-order valence-electron chi connectivity index (χ0n) is 21.3. The van der Waals surface area contributed by atoms with E-state index in [1.165, 1.54) is 43.5 Å². The first-order valence-electron chi connectivity index (χ1n) is 11.3. The highest BCUT2D eigenvalue weighted by Crippen LogP contribution is 2.31. The van der Waals surface area contributed by atoms with Crippen molar-refractivity contribution in [3.05, 3.63) is 77.0 Å². The fourth-order valence-electron chi connectivity index (χ4n) is 3.42. The summed E-state index contributed by atoms with van der Waals surface area (Å²) in [6, 6.07) is 11.6. The summed E-state index contributed by atoms with van der Waals surface area (Å²) in [6.07, 6.45) is -4.12. The quantitative estimate of drug-likeness (QED) is 0.164. The van der Waals surface area contributed by atoms with Gasteiger partial charge < -0.3 is 25.3 Å². The van der Waals surface area contributed by atoms with Crippen molar-refractivity contribution in [2.75, 3.05) is 25.2 Å². The van der Waals surface area contributed by atoms with E-state index in [0.29, 0.717) is 11.8 Å². The standard InChI is InChI=1S/C25H22F3N5O7S/c1-39-19-10-9-17(20(33-19)23(35)32-15-6-3-13(4-7-15)21(29)30)16-8-5-14(22(34)31-12-25(26,27)28)11-18(16)24(36)40-41(2,37)38/h3-11H,12H2,1-2H3,(H3,29,30)(H,31,34)(H,32,35). The van der Waals surface area contributed by atoms with Crippen molar-refractivity contribution in [1.82, 2.24) is 10.3 Å². The fourth-order valence-corrected chi connectivity index (χ4v) is 3.79. The number of methoxy groups -OCH3 is 1. The number of hydrogen-bond donors (Lipinski definition) is 4. The van der Waals surface area contributed by atoms with E-state index < -0.39 is 51.7 Å². The SMILES string of the molecule is COc1ccc(-c2ccc(C(=O)NCC(F)(F)F)cc2C(=O)OS(C)(=O)=O)c(C(=O)Nc2ccc(C(=N)N)cc2)n1. The molecular weight excluding hydrogens is 571 g/mol. The number of carbonyl (C=O) groups excluding carboxylic acids is 3. The van der Waals surface area contributed by atoms with Gasteiger partial charge in [-0.1, -0.05) is 6.07 Å². The van der Waals surface area contributed by atoms with Crippen LogP contribution < -0.4 is 21.1 Å². The molecule has 0 radical (unpaired) electrons. The van der Waals surface area contributed by atoms with Crippen LogP contribution in [0.3, 0.4) is 0 Å². The monoisotopic (exact) mass is 593 g/mol. The Kier molecular flexibility index (Phi) is 8.97. The molecule has 3 aromatic rings. The van der Waals surface area contributed by atoms with Gasteiger partial charge in [0.2, 0.25) is 5.88 Å². The minimum Gasteiger partial charge on any atom is -0.481 e. The van der Waals surface area contributed by atoms with Crippen LogP contribution in [0, 0.1) is 5.41 Å². The number of rotatable bonds is 9. The second kappa shape index (κ2) is 12.0. The number of aromatic nitrogens is 1. The first kappa shape index (κ1) is 30.6. The lowest BCUT2D eigenvalue weighted by Gasteiger charge is -2.15. The average Bonchev–Trinajstić information content (AvgIpc) is 2.90. The summed E-state index contributed by atoms with van der Waals surface area (Å²) in [5, 5.41) is 11.7. The van der Waals surface area contributed by atoms with Gasteiger partial charge in [-0.3, -0.25) is 15.0 Å². The summed E-state index contributed by atoms with van der Waals surface area (Å²) in [5.41, 5.74) is 4.68. The Bertz CT molecular complexity index is 1630. The largest absolute Gasteiger partial charge is 0.481 e. The molecule has 0 spiro atoms. The van der Waals surface area contributed by atoms with Gasteiger partial charge in [0, 0.05) is 28.4 Å². The van der Waals surface area contributed by atoms with Gasteiger partial charge in [-0.25, -0.2) is 9.78 Å². The molecule has 0 saturated heterocycles. The van der Waals surface area contributed by atoms with Crippen molar-refractivity contribution in [3.8, 4) is 17.0 Å². The van der Waals surface area contributed by atoms with Crippen LogP contribution >= 0.6 is 0 Å². The highest BCUT2D eigenvalue weighted by atomic mass is 32.2. The van der Waals surface area contributed by atoms with E-state index in [1.54, 1.807) is 5.32 Å². The molecule has 2 amide bonds. The number of ether oxygens (including phenoxy) is 1. The molecule has 0 fully saturated rings. The maximum Gasteiger partial charge on any atom is 0.405 e. The topological polar surface area (TPSA) is 191 Å². The molecule has 1 heterocycles. The Morgan fingerprint density at radius 1 is 0.976 bits per heavy atom. The van der Waals surface area contributed by atoms with E-state index in [4.69, 9.17) is 15.9 Å². The lowest BCUT2D eigenvalue weighted by atomic mass is 9.95. The van der Waals surface area contributed by atoms with Crippen molar-refractivity contribution >= 4 is 39.4 Å². The minimum atomic E-state index is -4.71. The van der Waals surface area contributed by atoms with Gasteiger partial charge in [-0.05, 0) is 48.0 Å². The number of pyridine rings is 1. The molecule has 12 nitrogen and oxygen atoms in total. The summed E-state index contributed by atoms with van der Waals surface area (Å²) in [5.74, 6) is -3.67. The van der Waals surface area contributed by atoms with E-state index >= 15 is 0 Å². The Balaban J connectivity index is 2.11. The molecule has 41 heavy (non-hydrogen) atoms. The first-order chi connectivity index (χ1) is 19.1. The third-order valence-electron chi connectivity index (χ3n) is 5.22. The molecule has 5 N–H and O–H groups in total. The predicted octanol–water partition coefficient (Wildman–Crippen LogP) is 2.70. The lowest BCUT2D eigenvalue weighted by molar-refractivity contribution is -0.123. The predicted molar refractivity (Wildman–Crippen MR) is 140 cm³/mol. The summed E-state index contributed by atoms with van der Waals surface area (Å²) < 4.78 is 70.6. The number of nitrogens with two attached hydrogens (primary N) is 1. The van der Waals surface area contributed by atoms with Crippen molar-refractivity contribution in [2.45, 2.75) is 6.18 Å². The van der Waals surface area contributed by atoms with Crippen LogP contribution in [0.1, 0.15) is 36.8 Å². The maximum absolute atomic E-state index is 13.3. The van der Waals surface area contributed by atoms with E-state index in [9.17, 15) is 36.0 Å². The Labute approximate surface area is 231 Å². The van der Waals surface area contributed by atoms with Crippen LogP contribution in [0.2, 0.25) is 0 Å². The molecule has 0 bridgehead atoms. The van der Waals surface area contributed by atoms with Crippen molar-refractivity contribution in [1.29, 1.82) is 5.41 Å². The number of anilines is 1. The molecule has 0 aliphatic heterocycles. The van der Waals surface area contributed by atoms with Gasteiger partial charge in [0.1, 0.15) is 18.1 Å². The van der Waals surface area contributed by atoms with Crippen LogP contribution in [0.25, 0.3) is 11.1 Å². The molecule has 0 aliphatic rings. The van der Waals surface area contributed by atoms with E-state index in [0.717, 1.165) is 18.2 Å². The molecule has 16 heteroatoms. The number of halogens is 3. The number of nitrogens with zero attached hydrogens (tertiary/aromatic N) is 1. The molecule has 1 aromatic heterocycles. The number of hydrogen-bond acceptors (Lipinski definition) is 9. The number of amidine groups is 1. The van der Waals surface area contributed by atoms with Crippen molar-refractivity contribution < 1.29 is 44.9 Å². The van der Waals surface area contributed by atoms with Gasteiger partial charge in [0.25, 0.3) is 11.8 Å². The normalized spacial score (nSPS) is 11.3. The molecule has 2 aromatic carbocycles. The molecule has 0 saturated carbocycles. The van der Waals surface area contributed by atoms with Gasteiger partial charge >= 0.3 is 22.3 Å². The van der Waals surface area contributed by atoms with Gasteiger partial charge in [-0.2, -0.15) is 21.6 Å². The Hall–Kier alpha value is -4.99. The van der Waals surface area contributed by atoms with E-state index in [2.05, 4.69) is 14.5 Å². The van der Waals surface area contributed by atoms with Crippen LogP contribution in [0.5, 0.6) is 5.88 Å². The number of benzene rings is 2. The average molecular weight is 594 g/mol. The van der Waals surface area contributed by atoms with Crippen molar-refractivity contribution in [2.24, 2.45) is 5.73 Å². The summed E-state index contributed by atoms with van der Waals surface area (Å²) in [4.78, 5) is 42.6. The number of carbonyl (C=O) groups is 3. The molecule has 216 valence electrons. The third kappa shape index (κ3) is 8.25. The van der Waals surface area contributed by atoms with E-state index in [-0.39, 0.29) is 34.2 Å². The highest BCUT2D eigenvalue weighted by Gasteiger charge is 2.29. The lowest BCUT2D eigenvalue weighted by Crippen LogP contribution is -2.33. The molecule has 3 rings (SSSR count). The highest BCUT2D eigenvalue weighted by molar-refractivity contribution is 7.86. The smallest absolute Gasteiger partial charge is 0.405 e. The fraction of sp³-hybridized carbons (Fsp3) is 0.160. The zero-order chi connectivity index (χ0) is 30.5. The van der Waals surface area contributed by atoms with Gasteiger partial charge in [0.15, 0.2) is 0 Å². The summed E-state index contributed by atoms with van der Waals surface area (Å²) >= 11 is 0. The number of nitrogens with one attached hydrogen (secondary N) is 3. The van der Waals surface area contributed by atoms with Crippen LogP contribution in [0.4, 0.5) is 18.9 Å². The number of alkyl halides is 3. The molecule has 0 atom stereocenters. The molecule has 0 aliphatic carbocycles. The second-order valence-corrected chi connectivity index (χ2v) is 9.90. The minimum absolute atomic E-state index is 0.00533. The summed E-state index contributed by atoms with van der Waals surface area (Å²) in [6.45, 7) is -1.66. The van der Waals surface area contributed by atoms with Gasteiger partial charge in [-0.15, -0.1) is 0 Å². The van der Waals surface area contributed by atoms with Crippen LogP contribution in [0.15, 0.2) is 54.6 Å². The Morgan fingerprint density at radius 3 is 2.15 bits per heavy atom. The Morgan fingerprint density at radius 2 is 1.59 bits per heavy atom. The zero-order valence-corrected chi connectivity index (χ0v) is 22.1.